The van der Waals surface area contributed by atoms with Crippen LogP contribution in [0.4, 0.5) is 0 Å². The molecule has 1 atom stereocenters. The average molecular weight is 265 g/mol. The summed E-state index contributed by atoms with van der Waals surface area (Å²) in [5, 5.41) is 0. The first-order chi connectivity index (χ1) is 9.92. The Labute approximate surface area is 120 Å². The number of hydrogen-bond donors (Lipinski definition) is 0. The number of nitrogens with zero attached hydrogens (tertiary/aromatic N) is 1. The second-order valence-corrected chi connectivity index (χ2v) is 4.74. The van der Waals surface area contributed by atoms with Crippen LogP contribution in [-0.2, 0) is 4.79 Å². The van der Waals surface area contributed by atoms with E-state index in [1.807, 2.05) is 24.4 Å². The molecule has 0 saturated carbocycles. The minimum Gasteiger partial charge on any atom is -0.299 e. The number of pyridine rings is 1. The van der Waals surface area contributed by atoms with E-state index in [0.717, 1.165) is 25.5 Å². The number of benzene rings is 1. The van der Waals surface area contributed by atoms with Gasteiger partial charge in [-0.05, 0) is 42.5 Å². The molecule has 1 heterocycles. The maximum Gasteiger partial charge on any atom is 0.142 e. The van der Waals surface area contributed by atoms with Crippen molar-refractivity contribution >= 4 is 6.29 Å². The highest BCUT2D eigenvalue weighted by Gasteiger charge is 2.13. The summed E-state index contributed by atoms with van der Waals surface area (Å²) < 4.78 is 0. The van der Waals surface area contributed by atoms with Crippen LogP contribution in [0.3, 0.4) is 0 Å². The first-order valence-electron chi connectivity index (χ1n) is 6.97. The van der Waals surface area contributed by atoms with Crippen molar-refractivity contribution in [2.45, 2.75) is 25.2 Å². The van der Waals surface area contributed by atoms with E-state index in [1.54, 1.807) is 12.3 Å². The fraction of sp³-hybridized carbons (Fsp3) is 0.222. The highest BCUT2D eigenvalue weighted by molar-refractivity contribution is 5.64. The molecule has 0 aliphatic heterocycles. The van der Waals surface area contributed by atoms with Gasteiger partial charge in [0.2, 0.25) is 0 Å². The Kier molecular flexibility index (Phi) is 5.71. The standard InChI is InChI=1S/C18H19NO/c20-14-7-2-1-6-12-18(16-9-4-3-5-10-16)17-11-8-13-19-15-17/h2-5,7-11,13-15,18H,1,6,12H2/b7-2+. The Morgan fingerprint density at radius 1 is 1.05 bits per heavy atom. The van der Waals surface area contributed by atoms with Gasteiger partial charge in [0.1, 0.15) is 6.29 Å². The third-order valence-corrected chi connectivity index (χ3v) is 3.37. The molecule has 2 heteroatoms. The fourth-order valence-electron chi connectivity index (χ4n) is 2.38. The van der Waals surface area contributed by atoms with Crippen molar-refractivity contribution in [3.63, 3.8) is 0 Å². The van der Waals surface area contributed by atoms with Crippen molar-refractivity contribution in [2.75, 3.05) is 0 Å². The summed E-state index contributed by atoms with van der Waals surface area (Å²) in [5.74, 6) is 0.370. The van der Waals surface area contributed by atoms with E-state index in [0.29, 0.717) is 5.92 Å². The van der Waals surface area contributed by atoms with Gasteiger partial charge < -0.3 is 0 Å². The van der Waals surface area contributed by atoms with Crippen LogP contribution < -0.4 is 0 Å². The maximum absolute atomic E-state index is 10.2. The van der Waals surface area contributed by atoms with Crippen LogP contribution in [0.5, 0.6) is 0 Å². The van der Waals surface area contributed by atoms with Crippen molar-refractivity contribution in [2.24, 2.45) is 0 Å². The lowest BCUT2D eigenvalue weighted by atomic mass is 9.88. The molecule has 1 unspecified atom stereocenters. The predicted octanol–water partition coefficient (Wildman–Crippen LogP) is 4.14. The molecular formula is C18H19NO. The molecule has 0 aliphatic carbocycles. The van der Waals surface area contributed by atoms with Gasteiger partial charge >= 0.3 is 0 Å². The largest absolute Gasteiger partial charge is 0.299 e. The zero-order valence-corrected chi connectivity index (χ0v) is 11.5. The second-order valence-electron chi connectivity index (χ2n) is 4.74. The van der Waals surface area contributed by atoms with Crippen LogP contribution in [-0.4, -0.2) is 11.3 Å². The molecule has 20 heavy (non-hydrogen) atoms. The number of carbonyl (C=O) groups is 1. The van der Waals surface area contributed by atoms with E-state index in [4.69, 9.17) is 0 Å². The van der Waals surface area contributed by atoms with Gasteiger partial charge in [-0.3, -0.25) is 9.78 Å². The number of unbranched alkanes of at least 4 members (excludes halogenated alkanes) is 1. The summed E-state index contributed by atoms with van der Waals surface area (Å²) in [5.41, 5.74) is 2.57. The molecule has 0 radical (unpaired) electrons. The molecular weight excluding hydrogens is 246 g/mol. The quantitative estimate of drug-likeness (QED) is 0.428. The van der Waals surface area contributed by atoms with Crippen molar-refractivity contribution in [1.29, 1.82) is 0 Å². The molecule has 0 fully saturated rings. The van der Waals surface area contributed by atoms with Gasteiger partial charge in [0.05, 0.1) is 0 Å². The van der Waals surface area contributed by atoms with E-state index < -0.39 is 0 Å². The monoisotopic (exact) mass is 265 g/mol. The van der Waals surface area contributed by atoms with E-state index in [9.17, 15) is 4.79 Å². The number of rotatable bonds is 7. The molecule has 2 rings (SSSR count). The van der Waals surface area contributed by atoms with Gasteiger partial charge in [-0.2, -0.15) is 0 Å². The normalized spacial score (nSPS) is 12.4. The van der Waals surface area contributed by atoms with Crippen molar-refractivity contribution in [3.8, 4) is 0 Å². The van der Waals surface area contributed by atoms with Gasteiger partial charge in [0.15, 0.2) is 0 Å². The lowest BCUT2D eigenvalue weighted by molar-refractivity contribution is -0.104. The Morgan fingerprint density at radius 2 is 1.85 bits per heavy atom. The third-order valence-electron chi connectivity index (χ3n) is 3.37. The van der Waals surface area contributed by atoms with Crippen LogP contribution in [0.2, 0.25) is 0 Å². The Balaban J connectivity index is 2.09. The minimum absolute atomic E-state index is 0.370. The van der Waals surface area contributed by atoms with E-state index >= 15 is 0 Å². The SMILES string of the molecule is O=C/C=C/CCCC(c1ccccc1)c1cccnc1. The molecule has 1 aromatic heterocycles. The number of carbonyl (C=O) groups excluding carboxylic acids is 1. The molecule has 1 aromatic carbocycles. The summed E-state index contributed by atoms with van der Waals surface area (Å²) in [6.45, 7) is 0. The number of aromatic nitrogens is 1. The summed E-state index contributed by atoms with van der Waals surface area (Å²) in [4.78, 5) is 14.5. The van der Waals surface area contributed by atoms with Crippen LogP contribution in [0, 0.1) is 0 Å². The molecule has 2 aromatic rings. The predicted molar refractivity (Wildman–Crippen MR) is 81.6 cm³/mol. The topological polar surface area (TPSA) is 30.0 Å². The molecule has 102 valence electrons. The van der Waals surface area contributed by atoms with Gasteiger partial charge in [-0.15, -0.1) is 0 Å². The lowest BCUT2D eigenvalue weighted by Gasteiger charge is -2.17. The first-order valence-corrected chi connectivity index (χ1v) is 6.97. The fourth-order valence-corrected chi connectivity index (χ4v) is 2.38. The summed E-state index contributed by atoms with van der Waals surface area (Å²) in [6, 6.07) is 14.6. The first kappa shape index (κ1) is 14.2. The van der Waals surface area contributed by atoms with Crippen molar-refractivity contribution in [1.82, 2.24) is 4.98 Å². The Bertz CT molecular complexity index is 494. The molecule has 0 bridgehead atoms. The molecule has 2 nitrogen and oxygen atoms in total. The average Bonchev–Trinajstić information content (AvgIpc) is 2.53. The maximum atomic E-state index is 10.2. The Hall–Kier alpha value is -2.22. The van der Waals surface area contributed by atoms with E-state index in [1.165, 1.54) is 11.1 Å². The van der Waals surface area contributed by atoms with Gasteiger partial charge in [-0.1, -0.05) is 42.5 Å². The molecule has 0 amide bonds. The summed E-state index contributed by atoms with van der Waals surface area (Å²) >= 11 is 0. The smallest absolute Gasteiger partial charge is 0.142 e. The van der Waals surface area contributed by atoms with Gasteiger partial charge in [0, 0.05) is 18.3 Å². The molecule has 0 aliphatic rings. The van der Waals surface area contributed by atoms with Gasteiger partial charge in [-0.25, -0.2) is 0 Å². The van der Waals surface area contributed by atoms with Crippen molar-refractivity contribution < 1.29 is 4.79 Å². The second kappa shape index (κ2) is 8.05. The molecule has 0 N–H and O–H groups in total. The number of hydrogen-bond acceptors (Lipinski definition) is 2. The minimum atomic E-state index is 0.370. The number of allylic oxidation sites excluding steroid dienone is 2. The van der Waals surface area contributed by atoms with Crippen LogP contribution in [0.25, 0.3) is 0 Å². The summed E-state index contributed by atoms with van der Waals surface area (Å²) in [7, 11) is 0. The summed E-state index contributed by atoms with van der Waals surface area (Å²) in [6.07, 6.45) is 11.1. The highest BCUT2D eigenvalue weighted by atomic mass is 16.1. The third kappa shape index (κ3) is 4.16. The molecule has 0 saturated heterocycles. The molecule has 0 spiro atoms. The highest BCUT2D eigenvalue weighted by Crippen LogP contribution is 2.29. The Morgan fingerprint density at radius 3 is 2.55 bits per heavy atom. The lowest BCUT2D eigenvalue weighted by Crippen LogP contribution is -2.01. The number of aldehydes is 1. The zero-order chi connectivity index (χ0) is 14.0. The zero-order valence-electron chi connectivity index (χ0n) is 11.5. The van der Waals surface area contributed by atoms with Crippen LogP contribution in [0.15, 0.2) is 67.0 Å². The van der Waals surface area contributed by atoms with E-state index in [-0.39, 0.29) is 0 Å². The van der Waals surface area contributed by atoms with Crippen LogP contribution in [0.1, 0.15) is 36.3 Å². The van der Waals surface area contributed by atoms with E-state index in [2.05, 4.69) is 35.3 Å². The van der Waals surface area contributed by atoms with Crippen molar-refractivity contribution in [3.05, 3.63) is 78.1 Å². The van der Waals surface area contributed by atoms with Crippen LogP contribution >= 0.6 is 0 Å². The van der Waals surface area contributed by atoms with Gasteiger partial charge in [0.25, 0.3) is 0 Å².